The van der Waals surface area contributed by atoms with E-state index in [-0.39, 0.29) is 17.3 Å². The van der Waals surface area contributed by atoms with Crippen LogP contribution in [-0.2, 0) is 4.74 Å². The van der Waals surface area contributed by atoms with E-state index in [1.165, 1.54) is 24.4 Å². The SMILES string of the molecule is COC(=O)c1cc([N+](=O)[O-])ccc1/C=C/CC1CCCCN(N)[N-]1. The van der Waals surface area contributed by atoms with Crippen LogP contribution in [-0.4, -0.2) is 35.7 Å². The van der Waals surface area contributed by atoms with E-state index in [9.17, 15) is 14.9 Å². The van der Waals surface area contributed by atoms with Crippen molar-refractivity contribution in [3.05, 3.63) is 50.9 Å². The number of benzene rings is 1. The third kappa shape index (κ3) is 4.85. The molecule has 24 heavy (non-hydrogen) atoms. The summed E-state index contributed by atoms with van der Waals surface area (Å²) >= 11 is 0. The molecule has 0 saturated carbocycles. The Morgan fingerprint density at radius 3 is 3.04 bits per heavy atom. The molecule has 0 amide bonds. The lowest BCUT2D eigenvalue weighted by Gasteiger charge is -2.36. The third-order valence-corrected chi connectivity index (χ3v) is 3.84. The van der Waals surface area contributed by atoms with Crippen LogP contribution in [0.2, 0.25) is 0 Å². The molecule has 1 aliphatic rings. The summed E-state index contributed by atoms with van der Waals surface area (Å²) in [4.78, 5) is 22.2. The molecule has 1 fully saturated rings. The fraction of sp³-hybridized carbons (Fsp3) is 0.438. The van der Waals surface area contributed by atoms with Crippen molar-refractivity contribution in [1.29, 1.82) is 0 Å². The quantitative estimate of drug-likeness (QED) is 0.384. The van der Waals surface area contributed by atoms with Gasteiger partial charge in [-0.1, -0.05) is 31.4 Å². The minimum atomic E-state index is -0.606. The Hall–Kier alpha value is -2.29. The molecule has 1 saturated heterocycles. The Kier molecular flexibility index (Phi) is 6.42. The van der Waals surface area contributed by atoms with E-state index in [1.807, 2.05) is 6.08 Å². The van der Waals surface area contributed by atoms with Crippen molar-refractivity contribution < 1.29 is 14.5 Å². The monoisotopic (exact) mass is 333 g/mol. The van der Waals surface area contributed by atoms with Gasteiger partial charge >= 0.3 is 5.97 Å². The molecule has 1 heterocycles. The first kappa shape index (κ1) is 18.1. The lowest BCUT2D eigenvalue weighted by molar-refractivity contribution is -0.384. The number of nitro groups is 1. The van der Waals surface area contributed by atoms with Gasteiger partial charge in [0.05, 0.1) is 17.6 Å². The first-order valence-corrected chi connectivity index (χ1v) is 7.77. The highest BCUT2D eigenvalue weighted by molar-refractivity contribution is 5.94. The van der Waals surface area contributed by atoms with E-state index in [1.54, 1.807) is 12.1 Å². The number of nitro benzene ring substituents is 1. The fourth-order valence-electron chi connectivity index (χ4n) is 2.59. The Bertz CT molecular complexity index is 633. The number of carbonyl (C=O) groups excluding carboxylic acids is 1. The third-order valence-electron chi connectivity index (χ3n) is 3.84. The average Bonchev–Trinajstić information content (AvgIpc) is 2.78. The number of non-ortho nitro benzene ring substituents is 1. The number of methoxy groups -OCH3 is 1. The predicted octanol–water partition coefficient (Wildman–Crippen LogP) is 2.80. The molecule has 1 aliphatic heterocycles. The lowest BCUT2D eigenvalue weighted by Crippen LogP contribution is -2.29. The van der Waals surface area contributed by atoms with Gasteiger partial charge in [-0.05, 0) is 24.6 Å². The van der Waals surface area contributed by atoms with Gasteiger partial charge in [0.25, 0.3) is 5.69 Å². The summed E-state index contributed by atoms with van der Waals surface area (Å²) in [5.74, 6) is 5.15. The van der Waals surface area contributed by atoms with E-state index >= 15 is 0 Å². The van der Waals surface area contributed by atoms with Crippen molar-refractivity contribution >= 4 is 17.7 Å². The summed E-state index contributed by atoms with van der Waals surface area (Å²) < 4.78 is 4.70. The molecule has 1 aromatic rings. The number of nitrogens with zero attached hydrogens (tertiary/aromatic N) is 3. The molecule has 1 atom stereocenters. The van der Waals surface area contributed by atoms with E-state index < -0.39 is 10.9 Å². The minimum absolute atomic E-state index is 0.105. The van der Waals surface area contributed by atoms with Crippen molar-refractivity contribution in [1.82, 2.24) is 5.12 Å². The van der Waals surface area contributed by atoms with Crippen molar-refractivity contribution in [3.8, 4) is 0 Å². The van der Waals surface area contributed by atoms with Crippen LogP contribution >= 0.6 is 0 Å². The largest absolute Gasteiger partial charge is 0.577 e. The van der Waals surface area contributed by atoms with Crippen molar-refractivity contribution in [3.63, 3.8) is 0 Å². The number of hydrogen-bond donors (Lipinski definition) is 1. The predicted molar refractivity (Wildman–Crippen MR) is 90.0 cm³/mol. The first-order chi connectivity index (χ1) is 11.5. The van der Waals surface area contributed by atoms with Gasteiger partial charge in [0.15, 0.2) is 0 Å². The maximum absolute atomic E-state index is 11.8. The summed E-state index contributed by atoms with van der Waals surface area (Å²) in [5.41, 5.74) is 4.99. The highest BCUT2D eigenvalue weighted by atomic mass is 16.6. The fourth-order valence-corrected chi connectivity index (χ4v) is 2.59. The van der Waals surface area contributed by atoms with Gasteiger partial charge in [-0.2, -0.15) is 0 Å². The van der Waals surface area contributed by atoms with E-state index in [0.717, 1.165) is 25.8 Å². The summed E-state index contributed by atoms with van der Waals surface area (Å²) in [6.45, 7) is 0.759. The molecular weight excluding hydrogens is 312 g/mol. The molecule has 1 unspecified atom stereocenters. The zero-order chi connectivity index (χ0) is 17.5. The number of rotatable bonds is 5. The van der Waals surface area contributed by atoms with Gasteiger partial charge in [-0.3, -0.25) is 16.0 Å². The van der Waals surface area contributed by atoms with Gasteiger partial charge in [0, 0.05) is 12.1 Å². The van der Waals surface area contributed by atoms with Gasteiger partial charge in [-0.15, -0.1) is 6.04 Å². The summed E-state index contributed by atoms with van der Waals surface area (Å²) in [7, 11) is 1.24. The Labute approximate surface area is 140 Å². The van der Waals surface area contributed by atoms with E-state index in [2.05, 4.69) is 5.43 Å². The topological polar surface area (TPSA) is 113 Å². The molecular formula is C16H21N4O4-. The van der Waals surface area contributed by atoms with Crippen LogP contribution < -0.4 is 5.84 Å². The van der Waals surface area contributed by atoms with Gasteiger partial charge < -0.3 is 15.3 Å². The molecule has 1 aromatic carbocycles. The van der Waals surface area contributed by atoms with E-state index in [0.29, 0.717) is 12.0 Å². The van der Waals surface area contributed by atoms with Crippen LogP contribution in [0, 0.1) is 10.1 Å². The Morgan fingerprint density at radius 2 is 2.33 bits per heavy atom. The van der Waals surface area contributed by atoms with Crippen LogP contribution in [0.4, 0.5) is 5.69 Å². The maximum atomic E-state index is 11.8. The molecule has 0 bridgehead atoms. The van der Waals surface area contributed by atoms with Crippen molar-refractivity contribution in [2.45, 2.75) is 31.7 Å². The van der Waals surface area contributed by atoms with Crippen molar-refractivity contribution in [2.75, 3.05) is 13.7 Å². The zero-order valence-corrected chi connectivity index (χ0v) is 13.6. The Balaban J connectivity index is 2.12. The van der Waals surface area contributed by atoms with Crippen LogP contribution in [0.3, 0.4) is 0 Å². The second-order valence-corrected chi connectivity index (χ2v) is 5.59. The van der Waals surface area contributed by atoms with Crippen LogP contribution in [0.15, 0.2) is 24.3 Å². The smallest absolute Gasteiger partial charge is 0.338 e. The van der Waals surface area contributed by atoms with Crippen LogP contribution in [0.5, 0.6) is 0 Å². The van der Waals surface area contributed by atoms with E-state index in [4.69, 9.17) is 10.6 Å². The second-order valence-electron chi connectivity index (χ2n) is 5.59. The molecule has 8 heteroatoms. The summed E-state index contributed by atoms with van der Waals surface area (Å²) in [6, 6.07) is 4.24. The maximum Gasteiger partial charge on any atom is 0.338 e. The normalized spacial score (nSPS) is 19.2. The number of hydrogen-bond acceptors (Lipinski definition) is 6. The van der Waals surface area contributed by atoms with Crippen molar-refractivity contribution in [2.24, 2.45) is 5.84 Å². The molecule has 130 valence electrons. The van der Waals surface area contributed by atoms with Gasteiger partial charge in [-0.25, -0.2) is 4.79 Å². The first-order valence-electron chi connectivity index (χ1n) is 7.77. The average molecular weight is 333 g/mol. The second kappa shape index (κ2) is 8.53. The molecule has 0 aliphatic carbocycles. The number of ether oxygens (including phenoxy) is 1. The number of carbonyl (C=O) groups is 1. The molecule has 0 radical (unpaired) electrons. The highest BCUT2D eigenvalue weighted by Crippen LogP contribution is 2.23. The van der Waals surface area contributed by atoms with Gasteiger partial charge in [0.2, 0.25) is 0 Å². The Morgan fingerprint density at radius 1 is 1.54 bits per heavy atom. The summed E-state index contributed by atoms with van der Waals surface area (Å²) in [6.07, 6.45) is 7.40. The number of nitrogens with two attached hydrogens (primary N) is 1. The molecule has 8 nitrogen and oxygen atoms in total. The minimum Gasteiger partial charge on any atom is -0.577 e. The van der Waals surface area contributed by atoms with Crippen LogP contribution in [0.1, 0.15) is 41.6 Å². The number of hydrazine groups is 1. The highest BCUT2D eigenvalue weighted by Gasteiger charge is 2.15. The van der Waals surface area contributed by atoms with Gasteiger partial charge in [0.1, 0.15) is 0 Å². The molecule has 2 rings (SSSR count). The molecule has 0 aromatic heterocycles. The lowest BCUT2D eigenvalue weighted by atomic mass is 10.0. The number of esters is 1. The standard InChI is InChI=1S/C16H21N4O4/c1-24-16(21)15-11-14(20(22)23)9-8-12(15)5-4-7-13-6-2-3-10-19(17)18-13/h4-5,8-9,11,13H,2-3,6-7,10,17H2,1H3/q-1/b5-4+. The molecule has 2 N–H and O–H groups in total. The molecule has 0 spiro atoms. The summed E-state index contributed by atoms with van der Waals surface area (Å²) in [5, 5.41) is 12.3. The van der Waals surface area contributed by atoms with Crippen LogP contribution in [0.25, 0.3) is 11.5 Å². The zero-order valence-electron chi connectivity index (χ0n) is 13.6.